The number of urea groups is 1. The van der Waals surface area contributed by atoms with Crippen LogP contribution in [0.1, 0.15) is 44.4 Å². The lowest BCUT2D eigenvalue weighted by molar-refractivity contribution is 0.216. The molecule has 4 heteroatoms. The maximum atomic E-state index is 11.9. The van der Waals surface area contributed by atoms with Gasteiger partial charge in [-0.05, 0) is 29.9 Å². The van der Waals surface area contributed by atoms with E-state index in [2.05, 4.69) is 36.6 Å². The third-order valence-electron chi connectivity index (χ3n) is 3.74. The number of hydrogen-bond acceptors (Lipinski definition) is 2. The molecule has 0 aliphatic heterocycles. The van der Waals surface area contributed by atoms with Crippen LogP contribution >= 0.6 is 0 Å². The molecule has 2 amide bonds. The number of nitrogens with one attached hydrogen (secondary N) is 2. The summed E-state index contributed by atoms with van der Waals surface area (Å²) in [6, 6.07) is 7.83. The molecular formula is C15H22N2O2. The molecule has 2 rings (SSSR count). The zero-order valence-electron chi connectivity index (χ0n) is 11.7. The topological polar surface area (TPSA) is 61.4 Å². The molecular weight excluding hydrogens is 240 g/mol. The number of carbonyl (C=O) groups excluding carboxylic acids is 1. The van der Waals surface area contributed by atoms with Crippen molar-refractivity contribution in [3.05, 3.63) is 35.4 Å². The van der Waals surface area contributed by atoms with Crippen molar-refractivity contribution in [3.8, 4) is 0 Å². The van der Waals surface area contributed by atoms with Gasteiger partial charge in [0, 0.05) is 0 Å². The van der Waals surface area contributed by atoms with Crippen molar-refractivity contribution in [2.75, 3.05) is 6.61 Å². The first kappa shape index (κ1) is 13.9. The highest BCUT2D eigenvalue weighted by Crippen LogP contribution is 2.44. The van der Waals surface area contributed by atoms with Crippen LogP contribution in [0.5, 0.6) is 0 Å². The normalized spacial score (nSPS) is 21.6. The Bertz CT molecular complexity index is 471. The SMILES string of the molecule is C[C@@H](CO)NC(=O)NC1CC(C)(C)c2ccccc21. The zero-order valence-corrected chi connectivity index (χ0v) is 11.7. The lowest BCUT2D eigenvalue weighted by Gasteiger charge is -2.20. The van der Waals surface area contributed by atoms with Crippen LogP contribution in [0.25, 0.3) is 0 Å². The van der Waals surface area contributed by atoms with Gasteiger partial charge in [-0.15, -0.1) is 0 Å². The molecule has 1 unspecified atom stereocenters. The predicted octanol–water partition coefficient (Wildman–Crippen LogP) is 2.09. The van der Waals surface area contributed by atoms with Gasteiger partial charge in [-0.25, -0.2) is 4.79 Å². The van der Waals surface area contributed by atoms with Crippen molar-refractivity contribution in [2.45, 2.75) is 44.7 Å². The molecule has 4 nitrogen and oxygen atoms in total. The summed E-state index contributed by atoms with van der Waals surface area (Å²) in [5.41, 5.74) is 2.58. The van der Waals surface area contributed by atoms with Crippen LogP contribution in [0, 0.1) is 0 Å². The fourth-order valence-corrected chi connectivity index (χ4v) is 2.75. The highest BCUT2D eigenvalue weighted by atomic mass is 16.3. The molecule has 0 heterocycles. The van der Waals surface area contributed by atoms with E-state index in [1.54, 1.807) is 6.92 Å². The largest absolute Gasteiger partial charge is 0.394 e. The predicted molar refractivity (Wildman–Crippen MR) is 75.0 cm³/mol. The molecule has 0 saturated carbocycles. The van der Waals surface area contributed by atoms with E-state index in [1.165, 1.54) is 11.1 Å². The maximum Gasteiger partial charge on any atom is 0.315 e. The minimum atomic E-state index is -0.232. The van der Waals surface area contributed by atoms with Gasteiger partial charge in [0.05, 0.1) is 18.7 Å². The Hall–Kier alpha value is -1.55. The number of fused-ring (bicyclic) bond motifs is 1. The van der Waals surface area contributed by atoms with E-state index in [0.29, 0.717) is 0 Å². The Balaban J connectivity index is 2.10. The summed E-state index contributed by atoms with van der Waals surface area (Å²) in [7, 11) is 0. The molecule has 2 atom stereocenters. The lowest BCUT2D eigenvalue weighted by Crippen LogP contribution is -2.43. The van der Waals surface area contributed by atoms with E-state index in [1.807, 2.05) is 12.1 Å². The molecule has 19 heavy (non-hydrogen) atoms. The van der Waals surface area contributed by atoms with Gasteiger partial charge < -0.3 is 15.7 Å². The first-order valence-electron chi connectivity index (χ1n) is 6.71. The first-order valence-corrected chi connectivity index (χ1v) is 6.71. The molecule has 0 aromatic heterocycles. The van der Waals surface area contributed by atoms with Crippen LogP contribution < -0.4 is 10.6 Å². The van der Waals surface area contributed by atoms with Gasteiger partial charge in [0.25, 0.3) is 0 Å². The van der Waals surface area contributed by atoms with Crippen LogP contribution in [0.4, 0.5) is 4.79 Å². The van der Waals surface area contributed by atoms with Crippen LogP contribution in [0.2, 0.25) is 0 Å². The third kappa shape index (κ3) is 2.89. The van der Waals surface area contributed by atoms with Crippen molar-refractivity contribution < 1.29 is 9.90 Å². The summed E-state index contributed by atoms with van der Waals surface area (Å²) in [5, 5.41) is 14.7. The van der Waals surface area contributed by atoms with Gasteiger partial charge in [0.15, 0.2) is 0 Å². The monoisotopic (exact) mass is 262 g/mol. The van der Waals surface area contributed by atoms with Crippen LogP contribution in [0.3, 0.4) is 0 Å². The number of aliphatic hydroxyl groups excluding tert-OH is 1. The highest BCUT2D eigenvalue weighted by Gasteiger charge is 2.37. The van der Waals surface area contributed by atoms with Gasteiger partial charge in [-0.1, -0.05) is 38.1 Å². The van der Waals surface area contributed by atoms with Crippen LogP contribution in [-0.2, 0) is 5.41 Å². The number of hydrogen-bond donors (Lipinski definition) is 3. The molecule has 0 saturated heterocycles. The summed E-state index contributed by atoms with van der Waals surface area (Å²) >= 11 is 0. The fourth-order valence-electron chi connectivity index (χ4n) is 2.75. The van der Waals surface area contributed by atoms with Crippen LogP contribution in [0.15, 0.2) is 24.3 Å². The van der Waals surface area contributed by atoms with Gasteiger partial charge in [0.2, 0.25) is 0 Å². The molecule has 104 valence electrons. The molecule has 1 aromatic carbocycles. The van der Waals surface area contributed by atoms with Crippen molar-refractivity contribution in [1.82, 2.24) is 10.6 Å². The summed E-state index contributed by atoms with van der Waals surface area (Å²) in [4.78, 5) is 11.9. The second-order valence-corrected chi connectivity index (χ2v) is 5.93. The number of amides is 2. The lowest BCUT2D eigenvalue weighted by atomic mass is 9.86. The van der Waals surface area contributed by atoms with Gasteiger partial charge in [-0.3, -0.25) is 0 Å². The number of aliphatic hydroxyl groups is 1. The molecule has 0 radical (unpaired) electrons. The minimum absolute atomic E-state index is 0.0390. The van der Waals surface area contributed by atoms with E-state index >= 15 is 0 Å². The van der Waals surface area contributed by atoms with Crippen molar-refractivity contribution in [3.63, 3.8) is 0 Å². The maximum absolute atomic E-state index is 11.9. The van der Waals surface area contributed by atoms with Gasteiger partial charge in [0.1, 0.15) is 0 Å². The van der Waals surface area contributed by atoms with E-state index in [0.717, 1.165) is 6.42 Å². The molecule has 1 aromatic rings. The molecule has 0 bridgehead atoms. The second-order valence-electron chi connectivity index (χ2n) is 5.93. The Kier molecular flexibility index (Phi) is 3.80. The summed E-state index contributed by atoms with van der Waals surface area (Å²) in [6.07, 6.45) is 0.896. The quantitative estimate of drug-likeness (QED) is 0.781. The van der Waals surface area contributed by atoms with Gasteiger partial charge in [-0.2, -0.15) is 0 Å². The Morgan fingerprint density at radius 2 is 2.16 bits per heavy atom. The summed E-state index contributed by atoms with van der Waals surface area (Å²) < 4.78 is 0. The van der Waals surface area contributed by atoms with E-state index in [-0.39, 0.29) is 30.1 Å². The smallest absolute Gasteiger partial charge is 0.315 e. The van der Waals surface area contributed by atoms with Gasteiger partial charge >= 0.3 is 6.03 Å². The Morgan fingerprint density at radius 3 is 2.84 bits per heavy atom. The number of benzene rings is 1. The second kappa shape index (κ2) is 5.21. The molecule has 0 fully saturated rings. The minimum Gasteiger partial charge on any atom is -0.394 e. The standard InChI is InChI=1S/C15H22N2O2/c1-10(9-18)16-14(19)17-13-8-15(2,3)12-7-5-4-6-11(12)13/h4-7,10,13,18H,8-9H2,1-3H3,(H2,16,17,19)/t10-,13?/m0/s1. The number of rotatable bonds is 3. The Morgan fingerprint density at radius 1 is 1.47 bits per heavy atom. The Labute approximate surface area is 114 Å². The highest BCUT2D eigenvalue weighted by molar-refractivity contribution is 5.75. The summed E-state index contributed by atoms with van der Waals surface area (Å²) in [5.74, 6) is 0. The van der Waals surface area contributed by atoms with E-state index < -0.39 is 0 Å². The van der Waals surface area contributed by atoms with Crippen molar-refractivity contribution >= 4 is 6.03 Å². The molecule has 3 N–H and O–H groups in total. The number of carbonyl (C=O) groups is 1. The molecule has 0 spiro atoms. The van der Waals surface area contributed by atoms with E-state index in [9.17, 15) is 4.79 Å². The van der Waals surface area contributed by atoms with Crippen molar-refractivity contribution in [1.29, 1.82) is 0 Å². The van der Waals surface area contributed by atoms with Crippen molar-refractivity contribution in [2.24, 2.45) is 0 Å². The summed E-state index contributed by atoms with van der Waals surface area (Å²) in [6.45, 7) is 6.11. The third-order valence-corrected chi connectivity index (χ3v) is 3.74. The molecule has 1 aliphatic rings. The zero-order chi connectivity index (χ0) is 14.0. The fraction of sp³-hybridized carbons (Fsp3) is 0.533. The van der Waals surface area contributed by atoms with E-state index in [4.69, 9.17) is 5.11 Å². The average molecular weight is 262 g/mol. The average Bonchev–Trinajstić information content (AvgIpc) is 2.61. The first-order chi connectivity index (χ1) is 8.94. The molecule has 1 aliphatic carbocycles. The van der Waals surface area contributed by atoms with Crippen LogP contribution in [-0.4, -0.2) is 23.8 Å².